The van der Waals surface area contributed by atoms with Crippen molar-refractivity contribution in [2.75, 3.05) is 6.54 Å². The minimum atomic E-state index is -0.210. The van der Waals surface area contributed by atoms with Crippen LogP contribution in [0, 0.1) is 5.82 Å². The summed E-state index contributed by atoms with van der Waals surface area (Å²) >= 11 is 0. The fourth-order valence-corrected chi connectivity index (χ4v) is 1.98. The summed E-state index contributed by atoms with van der Waals surface area (Å²) in [4.78, 5) is 4.14. The zero-order valence-electron chi connectivity index (χ0n) is 10.7. The van der Waals surface area contributed by atoms with Crippen LogP contribution >= 0.6 is 0 Å². The van der Waals surface area contributed by atoms with Crippen LogP contribution in [0.25, 0.3) is 0 Å². The van der Waals surface area contributed by atoms with E-state index in [4.69, 9.17) is 0 Å². The van der Waals surface area contributed by atoms with Gasteiger partial charge in [0, 0.05) is 7.05 Å². The molecule has 1 N–H and O–H groups in total. The van der Waals surface area contributed by atoms with Crippen molar-refractivity contribution < 1.29 is 4.39 Å². The Morgan fingerprint density at radius 3 is 2.61 bits per heavy atom. The number of aromatic nitrogens is 2. The Bertz CT molecular complexity index is 490. The molecule has 2 aromatic rings. The highest BCUT2D eigenvalue weighted by Gasteiger charge is 2.16. The predicted octanol–water partition coefficient (Wildman–Crippen LogP) is 2.65. The van der Waals surface area contributed by atoms with Crippen molar-refractivity contribution in [3.05, 3.63) is 53.9 Å². The second-order valence-electron chi connectivity index (χ2n) is 4.37. The van der Waals surface area contributed by atoms with E-state index in [-0.39, 0.29) is 11.9 Å². The van der Waals surface area contributed by atoms with Gasteiger partial charge in [-0.25, -0.2) is 9.37 Å². The van der Waals surface area contributed by atoms with Crippen LogP contribution in [-0.4, -0.2) is 16.1 Å². The van der Waals surface area contributed by atoms with Gasteiger partial charge in [0.1, 0.15) is 5.82 Å². The van der Waals surface area contributed by atoms with Crippen LogP contribution in [-0.2, 0) is 7.05 Å². The number of halogens is 1. The molecular weight excluding hydrogens is 229 g/mol. The Morgan fingerprint density at radius 2 is 2.06 bits per heavy atom. The Labute approximate surface area is 107 Å². The third-order valence-electron chi connectivity index (χ3n) is 2.95. The lowest BCUT2D eigenvalue weighted by molar-refractivity contribution is 0.566. The number of rotatable bonds is 5. The highest BCUT2D eigenvalue weighted by Crippen LogP contribution is 2.21. The molecule has 4 heteroatoms. The Balaban J connectivity index is 2.30. The van der Waals surface area contributed by atoms with Crippen LogP contribution < -0.4 is 5.32 Å². The van der Waals surface area contributed by atoms with E-state index in [2.05, 4.69) is 17.2 Å². The first-order valence-corrected chi connectivity index (χ1v) is 6.17. The smallest absolute Gasteiger partial charge is 0.123 e. The molecule has 0 saturated heterocycles. The summed E-state index contributed by atoms with van der Waals surface area (Å²) in [5.74, 6) is -0.210. The van der Waals surface area contributed by atoms with Gasteiger partial charge in [-0.05, 0) is 30.7 Å². The van der Waals surface area contributed by atoms with Gasteiger partial charge in [0.15, 0.2) is 0 Å². The molecule has 1 aromatic carbocycles. The second kappa shape index (κ2) is 5.78. The molecule has 1 heterocycles. The first kappa shape index (κ1) is 12.8. The number of aryl methyl sites for hydroxylation is 1. The highest BCUT2D eigenvalue weighted by molar-refractivity contribution is 5.27. The molecule has 0 radical (unpaired) electrons. The first-order chi connectivity index (χ1) is 8.72. The highest BCUT2D eigenvalue weighted by atomic mass is 19.1. The van der Waals surface area contributed by atoms with E-state index in [1.165, 1.54) is 12.1 Å². The lowest BCUT2D eigenvalue weighted by Crippen LogP contribution is -2.24. The second-order valence-corrected chi connectivity index (χ2v) is 4.37. The first-order valence-electron chi connectivity index (χ1n) is 6.17. The third-order valence-corrected chi connectivity index (χ3v) is 2.95. The lowest BCUT2D eigenvalue weighted by Gasteiger charge is -2.19. The van der Waals surface area contributed by atoms with Crippen molar-refractivity contribution in [1.82, 2.24) is 14.9 Å². The van der Waals surface area contributed by atoms with E-state index in [1.54, 1.807) is 6.33 Å². The molecule has 0 aliphatic rings. The van der Waals surface area contributed by atoms with Crippen LogP contribution in [0.5, 0.6) is 0 Å². The van der Waals surface area contributed by atoms with Crippen molar-refractivity contribution in [1.29, 1.82) is 0 Å². The number of imidazole rings is 1. The summed E-state index contributed by atoms with van der Waals surface area (Å²) in [7, 11) is 1.96. The predicted molar refractivity (Wildman–Crippen MR) is 69.7 cm³/mol. The maximum Gasteiger partial charge on any atom is 0.123 e. The zero-order valence-corrected chi connectivity index (χ0v) is 10.7. The number of hydrogen-bond acceptors (Lipinski definition) is 2. The monoisotopic (exact) mass is 247 g/mol. The third kappa shape index (κ3) is 2.76. The van der Waals surface area contributed by atoms with Crippen LogP contribution in [0.2, 0.25) is 0 Å². The average Bonchev–Trinajstić information content (AvgIpc) is 2.78. The topological polar surface area (TPSA) is 29.9 Å². The van der Waals surface area contributed by atoms with E-state index >= 15 is 0 Å². The molecule has 0 saturated carbocycles. The van der Waals surface area contributed by atoms with Crippen molar-refractivity contribution in [3.8, 4) is 0 Å². The van der Waals surface area contributed by atoms with Crippen molar-refractivity contribution in [3.63, 3.8) is 0 Å². The number of nitrogens with one attached hydrogen (secondary N) is 1. The summed E-state index contributed by atoms with van der Waals surface area (Å²) in [5, 5.41) is 3.47. The minimum absolute atomic E-state index is 0.0537. The maximum atomic E-state index is 13.0. The molecule has 1 unspecified atom stereocenters. The summed E-state index contributed by atoms with van der Waals surface area (Å²) in [5.41, 5.74) is 2.13. The van der Waals surface area contributed by atoms with E-state index < -0.39 is 0 Å². The van der Waals surface area contributed by atoms with Gasteiger partial charge in [-0.1, -0.05) is 19.1 Å². The van der Waals surface area contributed by atoms with Gasteiger partial charge < -0.3 is 9.88 Å². The lowest BCUT2D eigenvalue weighted by atomic mass is 10.0. The molecule has 0 aliphatic carbocycles. The quantitative estimate of drug-likeness (QED) is 0.880. The largest absolute Gasteiger partial charge is 0.336 e. The minimum Gasteiger partial charge on any atom is -0.336 e. The van der Waals surface area contributed by atoms with Gasteiger partial charge in [0.2, 0.25) is 0 Å². The van der Waals surface area contributed by atoms with Gasteiger partial charge in [0.25, 0.3) is 0 Å². The Hall–Kier alpha value is -1.68. The van der Waals surface area contributed by atoms with E-state index in [0.717, 1.165) is 24.2 Å². The van der Waals surface area contributed by atoms with Gasteiger partial charge in [0.05, 0.1) is 24.3 Å². The number of nitrogens with zero attached hydrogens (tertiary/aromatic N) is 2. The number of hydrogen-bond donors (Lipinski definition) is 1. The van der Waals surface area contributed by atoms with Gasteiger partial charge in [-0.15, -0.1) is 0 Å². The maximum absolute atomic E-state index is 13.0. The molecule has 0 spiro atoms. The van der Waals surface area contributed by atoms with Crippen LogP contribution in [0.4, 0.5) is 4.39 Å². The van der Waals surface area contributed by atoms with E-state index in [9.17, 15) is 4.39 Å². The van der Waals surface area contributed by atoms with Crippen molar-refractivity contribution >= 4 is 0 Å². The zero-order chi connectivity index (χ0) is 13.0. The summed E-state index contributed by atoms with van der Waals surface area (Å²) in [6, 6.07) is 6.67. The van der Waals surface area contributed by atoms with E-state index in [1.807, 2.05) is 29.9 Å². The van der Waals surface area contributed by atoms with Crippen molar-refractivity contribution in [2.24, 2.45) is 7.05 Å². The average molecular weight is 247 g/mol. The molecule has 0 aliphatic heterocycles. The molecule has 0 amide bonds. The normalized spacial score (nSPS) is 12.6. The molecule has 18 heavy (non-hydrogen) atoms. The summed E-state index contributed by atoms with van der Waals surface area (Å²) in [6.45, 7) is 3.03. The van der Waals surface area contributed by atoms with Crippen LogP contribution in [0.3, 0.4) is 0 Å². The van der Waals surface area contributed by atoms with Crippen molar-refractivity contribution in [2.45, 2.75) is 19.4 Å². The van der Waals surface area contributed by atoms with E-state index in [0.29, 0.717) is 0 Å². The molecule has 2 rings (SSSR count). The molecule has 96 valence electrons. The molecule has 3 nitrogen and oxygen atoms in total. The Kier molecular flexibility index (Phi) is 4.10. The van der Waals surface area contributed by atoms with Crippen LogP contribution in [0.1, 0.15) is 30.6 Å². The SMILES string of the molecule is CCCNC(c1ccc(F)cc1)c1cncn1C. The van der Waals surface area contributed by atoms with Gasteiger partial charge in [-0.3, -0.25) is 0 Å². The number of benzene rings is 1. The summed E-state index contributed by atoms with van der Waals surface area (Å²) < 4.78 is 15.0. The molecule has 0 fully saturated rings. The summed E-state index contributed by atoms with van der Waals surface area (Å²) in [6.07, 6.45) is 4.67. The van der Waals surface area contributed by atoms with Gasteiger partial charge >= 0.3 is 0 Å². The molecule has 1 aromatic heterocycles. The van der Waals surface area contributed by atoms with Crippen LogP contribution in [0.15, 0.2) is 36.8 Å². The molecule has 0 bridgehead atoms. The fourth-order valence-electron chi connectivity index (χ4n) is 1.98. The molecular formula is C14H18FN3. The Morgan fingerprint density at radius 1 is 1.33 bits per heavy atom. The molecule has 1 atom stereocenters. The van der Waals surface area contributed by atoms with Gasteiger partial charge in [-0.2, -0.15) is 0 Å². The standard InChI is InChI=1S/C14H18FN3/c1-3-8-17-14(13-9-16-10-18(13)2)11-4-6-12(15)7-5-11/h4-7,9-10,14,17H,3,8H2,1-2H3. The fraction of sp³-hybridized carbons (Fsp3) is 0.357.